The van der Waals surface area contributed by atoms with Crippen LogP contribution in [0.4, 0.5) is 4.39 Å². The van der Waals surface area contributed by atoms with Crippen molar-refractivity contribution in [1.29, 1.82) is 0 Å². The van der Waals surface area contributed by atoms with Gasteiger partial charge in [-0.25, -0.2) is 4.39 Å². The van der Waals surface area contributed by atoms with Gasteiger partial charge < -0.3 is 11.1 Å². The van der Waals surface area contributed by atoms with Gasteiger partial charge in [0.15, 0.2) is 0 Å². The van der Waals surface area contributed by atoms with Gasteiger partial charge in [0.25, 0.3) is 0 Å². The lowest BCUT2D eigenvalue weighted by Crippen LogP contribution is -2.46. The molecule has 19 heavy (non-hydrogen) atoms. The minimum atomic E-state index is -0.526. The third kappa shape index (κ3) is 3.53. The van der Waals surface area contributed by atoms with Crippen LogP contribution in [0.1, 0.15) is 45.2 Å². The van der Waals surface area contributed by atoms with E-state index in [0.29, 0.717) is 19.4 Å². The number of hydrogen-bond donors (Lipinski definition) is 2. The molecule has 0 bridgehead atoms. The van der Waals surface area contributed by atoms with Crippen molar-refractivity contribution in [3.05, 3.63) is 35.6 Å². The lowest BCUT2D eigenvalue weighted by molar-refractivity contribution is -0.131. The molecule has 0 aliphatic rings. The Bertz CT molecular complexity index is 422. The van der Waals surface area contributed by atoms with Crippen molar-refractivity contribution in [3.8, 4) is 0 Å². The van der Waals surface area contributed by atoms with Crippen LogP contribution in [0.25, 0.3) is 0 Å². The van der Waals surface area contributed by atoms with Crippen molar-refractivity contribution in [3.63, 3.8) is 0 Å². The second-order valence-electron chi connectivity index (χ2n) is 4.94. The van der Waals surface area contributed by atoms with E-state index in [4.69, 9.17) is 5.73 Å². The van der Waals surface area contributed by atoms with Gasteiger partial charge in [-0.3, -0.25) is 4.79 Å². The first-order valence-corrected chi connectivity index (χ1v) is 6.75. The third-order valence-electron chi connectivity index (χ3n) is 3.92. The zero-order valence-corrected chi connectivity index (χ0v) is 11.9. The number of nitrogens with two attached hydrogens (primary N) is 1. The second-order valence-corrected chi connectivity index (χ2v) is 4.94. The molecule has 1 aromatic carbocycles. The average Bonchev–Trinajstić information content (AvgIpc) is 2.41. The number of halogens is 1. The predicted molar refractivity (Wildman–Crippen MR) is 75.0 cm³/mol. The van der Waals surface area contributed by atoms with Crippen LogP contribution in [-0.2, 0) is 4.79 Å². The number of amides is 1. The summed E-state index contributed by atoms with van der Waals surface area (Å²) in [4.78, 5) is 12.3. The maximum atomic E-state index is 13.2. The summed E-state index contributed by atoms with van der Waals surface area (Å²) >= 11 is 0. The zero-order chi connectivity index (χ0) is 14.5. The fraction of sp³-hybridized carbons (Fsp3) is 0.533. The Kier molecular flexibility index (Phi) is 5.48. The van der Waals surface area contributed by atoms with Gasteiger partial charge in [-0.2, -0.15) is 0 Å². The molecule has 3 nitrogen and oxygen atoms in total. The first-order chi connectivity index (χ1) is 8.99. The fourth-order valence-corrected chi connectivity index (χ4v) is 2.16. The molecule has 3 N–H and O–H groups in total. The summed E-state index contributed by atoms with van der Waals surface area (Å²) in [7, 11) is 0. The Hall–Kier alpha value is -1.42. The molecule has 1 aromatic rings. The molecule has 0 spiro atoms. The number of carbonyl (C=O) groups is 1. The van der Waals surface area contributed by atoms with E-state index in [1.54, 1.807) is 12.1 Å². The lowest BCUT2D eigenvalue weighted by Gasteiger charge is -2.30. The normalized spacial score (nSPS) is 13.1. The first-order valence-electron chi connectivity index (χ1n) is 6.75. The third-order valence-corrected chi connectivity index (χ3v) is 3.92. The Labute approximate surface area is 114 Å². The highest BCUT2D eigenvalue weighted by molar-refractivity contribution is 5.83. The van der Waals surface area contributed by atoms with Gasteiger partial charge in [0.05, 0.1) is 11.5 Å². The highest BCUT2D eigenvalue weighted by atomic mass is 19.1. The minimum Gasteiger partial charge on any atom is -0.349 e. The predicted octanol–water partition coefficient (Wildman–Crippen LogP) is 2.77. The molecule has 0 aliphatic carbocycles. The Morgan fingerprint density at radius 1 is 1.42 bits per heavy atom. The smallest absolute Gasteiger partial charge is 0.227 e. The van der Waals surface area contributed by atoms with Crippen molar-refractivity contribution in [2.24, 2.45) is 11.1 Å². The van der Waals surface area contributed by atoms with Crippen LogP contribution in [0.3, 0.4) is 0 Å². The number of benzene rings is 1. The maximum absolute atomic E-state index is 13.2. The molecule has 0 aromatic heterocycles. The maximum Gasteiger partial charge on any atom is 0.227 e. The zero-order valence-electron chi connectivity index (χ0n) is 11.9. The molecular weight excluding hydrogens is 243 g/mol. The molecule has 0 heterocycles. The summed E-state index contributed by atoms with van der Waals surface area (Å²) < 4.78 is 13.2. The molecule has 0 fully saturated rings. The van der Waals surface area contributed by atoms with E-state index in [-0.39, 0.29) is 17.8 Å². The monoisotopic (exact) mass is 266 g/mol. The minimum absolute atomic E-state index is 0.0586. The molecule has 1 rings (SSSR count). The average molecular weight is 266 g/mol. The number of carbonyl (C=O) groups excluding carboxylic acids is 1. The van der Waals surface area contributed by atoms with E-state index in [2.05, 4.69) is 5.32 Å². The van der Waals surface area contributed by atoms with Crippen LogP contribution < -0.4 is 11.1 Å². The molecule has 1 atom stereocenters. The van der Waals surface area contributed by atoms with E-state index in [1.165, 1.54) is 12.1 Å². The van der Waals surface area contributed by atoms with E-state index in [0.717, 1.165) is 5.56 Å². The SMILES string of the molecule is CCC(CC)(CN)C(=O)N[C@H](C)c1cccc(F)c1. The van der Waals surface area contributed by atoms with E-state index < -0.39 is 5.41 Å². The Balaban J connectivity index is 2.81. The van der Waals surface area contributed by atoms with Gasteiger partial charge in [0.2, 0.25) is 5.91 Å². The largest absolute Gasteiger partial charge is 0.349 e. The summed E-state index contributed by atoms with van der Waals surface area (Å²) in [5.74, 6) is -0.355. The fourth-order valence-electron chi connectivity index (χ4n) is 2.16. The van der Waals surface area contributed by atoms with Crippen molar-refractivity contribution >= 4 is 5.91 Å². The number of nitrogens with one attached hydrogen (secondary N) is 1. The molecule has 0 radical (unpaired) electrons. The molecule has 0 saturated heterocycles. The van der Waals surface area contributed by atoms with E-state index >= 15 is 0 Å². The van der Waals surface area contributed by atoms with Gasteiger partial charge in [-0.05, 0) is 37.5 Å². The van der Waals surface area contributed by atoms with Crippen molar-refractivity contribution in [2.45, 2.75) is 39.7 Å². The summed E-state index contributed by atoms with van der Waals surface area (Å²) in [5, 5.41) is 2.93. The van der Waals surface area contributed by atoms with Gasteiger partial charge in [0.1, 0.15) is 5.82 Å². The highest BCUT2D eigenvalue weighted by Crippen LogP contribution is 2.26. The quantitative estimate of drug-likeness (QED) is 0.832. The molecule has 0 unspecified atom stereocenters. The second kappa shape index (κ2) is 6.66. The Morgan fingerprint density at radius 2 is 2.05 bits per heavy atom. The molecular formula is C15H23FN2O. The number of rotatable bonds is 6. The first kappa shape index (κ1) is 15.6. The van der Waals surface area contributed by atoms with Crippen LogP contribution in [-0.4, -0.2) is 12.5 Å². The van der Waals surface area contributed by atoms with Crippen molar-refractivity contribution in [1.82, 2.24) is 5.32 Å². The van der Waals surface area contributed by atoms with Crippen molar-refractivity contribution in [2.75, 3.05) is 6.54 Å². The van der Waals surface area contributed by atoms with E-state index in [9.17, 15) is 9.18 Å². The van der Waals surface area contributed by atoms with Crippen molar-refractivity contribution < 1.29 is 9.18 Å². The highest BCUT2D eigenvalue weighted by Gasteiger charge is 2.33. The van der Waals surface area contributed by atoms with Crippen LogP contribution >= 0.6 is 0 Å². The van der Waals surface area contributed by atoms with E-state index in [1.807, 2.05) is 20.8 Å². The summed E-state index contributed by atoms with van der Waals surface area (Å²) in [6.07, 6.45) is 1.39. The number of hydrogen-bond acceptors (Lipinski definition) is 2. The topological polar surface area (TPSA) is 55.1 Å². The molecule has 0 aliphatic heterocycles. The molecule has 1 amide bonds. The standard InChI is InChI=1S/C15H23FN2O/c1-4-15(5-2,10-17)14(19)18-11(3)12-7-6-8-13(16)9-12/h6-9,11H,4-5,10,17H2,1-3H3,(H,18,19)/t11-/m1/s1. The Morgan fingerprint density at radius 3 is 2.53 bits per heavy atom. The van der Waals surface area contributed by atoms with Gasteiger partial charge in [-0.1, -0.05) is 26.0 Å². The van der Waals surface area contributed by atoms with Gasteiger partial charge >= 0.3 is 0 Å². The molecule has 4 heteroatoms. The summed E-state index contributed by atoms with van der Waals surface area (Å²) in [5.41, 5.74) is 5.98. The van der Waals surface area contributed by atoms with Crippen LogP contribution in [0, 0.1) is 11.2 Å². The molecule has 106 valence electrons. The van der Waals surface area contributed by atoms with Gasteiger partial charge in [-0.15, -0.1) is 0 Å². The lowest BCUT2D eigenvalue weighted by atomic mass is 9.81. The van der Waals surface area contributed by atoms with Crippen LogP contribution in [0.2, 0.25) is 0 Å². The summed E-state index contributed by atoms with van der Waals surface area (Å²) in [6.45, 7) is 6.09. The molecule has 0 saturated carbocycles. The van der Waals surface area contributed by atoms with Gasteiger partial charge in [0, 0.05) is 6.54 Å². The van der Waals surface area contributed by atoms with Crippen LogP contribution in [0.15, 0.2) is 24.3 Å². The summed E-state index contributed by atoms with van der Waals surface area (Å²) in [6, 6.07) is 6.04. The van der Waals surface area contributed by atoms with Crippen LogP contribution in [0.5, 0.6) is 0 Å².